The summed E-state index contributed by atoms with van der Waals surface area (Å²) in [6, 6.07) is 18.3. The summed E-state index contributed by atoms with van der Waals surface area (Å²) in [6.45, 7) is 9.22. The van der Waals surface area contributed by atoms with Crippen LogP contribution in [0.2, 0.25) is 0 Å². The molecule has 1 aliphatic rings. The summed E-state index contributed by atoms with van der Waals surface area (Å²) >= 11 is 0. The van der Waals surface area contributed by atoms with Crippen LogP contribution >= 0.6 is 0 Å². The van der Waals surface area contributed by atoms with Gasteiger partial charge in [-0.3, -0.25) is 10.2 Å². The summed E-state index contributed by atoms with van der Waals surface area (Å²) < 4.78 is 13.0. The van der Waals surface area contributed by atoms with Crippen molar-refractivity contribution in [2.45, 2.75) is 58.2 Å². The van der Waals surface area contributed by atoms with Crippen LogP contribution in [0.1, 0.15) is 44.5 Å². The van der Waals surface area contributed by atoms with Crippen LogP contribution in [0.4, 0.5) is 11.8 Å². The highest BCUT2D eigenvalue weighted by molar-refractivity contribution is 5.88. The van der Waals surface area contributed by atoms with Crippen LogP contribution in [0.15, 0.2) is 67.0 Å². The van der Waals surface area contributed by atoms with Crippen LogP contribution in [-0.2, 0) is 13.1 Å². The quantitative estimate of drug-likeness (QED) is 0.143. The summed E-state index contributed by atoms with van der Waals surface area (Å²) in [5, 5.41) is 29.9. The van der Waals surface area contributed by atoms with Crippen molar-refractivity contribution in [2.75, 3.05) is 37.9 Å². The minimum Gasteiger partial charge on any atom is -0.497 e. The third-order valence-electron chi connectivity index (χ3n) is 7.93. The van der Waals surface area contributed by atoms with Gasteiger partial charge < -0.3 is 25.2 Å². The van der Waals surface area contributed by atoms with E-state index in [1.165, 1.54) is 5.56 Å². The molecule has 1 aliphatic heterocycles. The number of rotatable bonds is 12. The van der Waals surface area contributed by atoms with Crippen LogP contribution in [0.5, 0.6) is 11.5 Å². The highest BCUT2D eigenvalue weighted by Crippen LogP contribution is 2.35. The molecule has 4 heterocycles. The van der Waals surface area contributed by atoms with Gasteiger partial charge in [0.1, 0.15) is 23.0 Å². The number of anilines is 2. The van der Waals surface area contributed by atoms with Crippen molar-refractivity contribution in [3.63, 3.8) is 0 Å². The van der Waals surface area contributed by atoms with Gasteiger partial charge in [-0.2, -0.15) is 4.98 Å². The molecule has 0 spiro atoms. The monoisotopic (exact) mass is 638 g/mol. The predicted octanol–water partition coefficient (Wildman–Crippen LogP) is 4.44. The second-order valence-electron chi connectivity index (χ2n) is 12.7. The number of likely N-dealkylation sites (tertiary alicyclic amines) is 1. The Morgan fingerprint density at radius 3 is 2.51 bits per heavy atom. The minimum atomic E-state index is -1.07. The number of hydrogen-bond donors (Lipinski definition) is 4. The number of benzene rings is 2. The maximum atomic E-state index is 10.8. The number of aliphatic hydroxyl groups is 1. The van der Waals surface area contributed by atoms with Gasteiger partial charge >= 0.3 is 0 Å². The van der Waals surface area contributed by atoms with Gasteiger partial charge in [0.05, 0.1) is 33.0 Å². The third kappa shape index (κ3) is 8.12. The van der Waals surface area contributed by atoms with Crippen molar-refractivity contribution in [1.82, 2.24) is 40.2 Å². The molecule has 47 heavy (non-hydrogen) atoms. The fraction of sp³-hybridized carbons (Fsp3) is 0.382. The smallest absolute Gasteiger partial charge is 0.225 e. The van der Waals surface area contributed by atoms with Crippen molar-refractivity contribution < 1.29 is 14.6 Å². The van der Waals surface area contributed by atoms with E-state index in [1.807, 2.05) is 55.9 Å². The first-order chi connectivity index (χ1) is 22.7. The molecule has 3 aromatic heterocycles. The molecule has 13 nitrogen and oxygen atoms in total. The predicted molar refractivity (Wildman–Crippen MR) is 181 cm³/mol. The number of aliphatic hydroxyl groups excluding tert-OH is 1. The molecular formula is C34H42N10O3. The van der Waals surface area contributed by atoms with Crippen molar-refractivity contribution in [1.29, 1.82) is 0 Å². The zero-order valence-corrected chi connectivity index (χ0v) is 27.4. The summed E-state index contributed by atoms with van der Waals surface area (Å²) in [5.74, 6) is 2.10. The van der Waals surface area contributed by atoms with Gasteiger partial charge in [-0.05, 0) is 56.5 Å². The van der Waals surface area contributed by atoms with E-state index in [1.54, 1.807) is 26.5 Å². The first-order valence-corrected chi connectivity index (χ1v) is 15.7. The lowest BCUT2D eigenvalue weighted by atomic mass is 10.0. The molecule has 2 atom stereocenters. The third-order valence-corrected chi connectivity index (χ3v) is 7.93. The Balaban J connectivity index is 1.19. The highest BCUT2D eigenvalue weighted by Gasteiger charge is 2.25. The molecule has 0 saturated carbocycles. The Morgan fingerprint density at radius 2 is 1.79 bits per heavy atom. The lowest BCUT2D eigenvalue weighted by Gasteiger charge is -2.26. The molecule has 0 bridgehead atoms. The number of nitrogens with one attached hydrogen (secondary N) is 3. The number of nitrogens with zero attached hydrogens (tertiary/aromatic N) is 7. The first kappa shape index (κ1) is 32.1. The largest absolute Gasteiger partial charge is 0.497 e. The van der Waals surface area contributed by atoms with E-state index in [0.717, 1.165) is 48.3 Å². The Bertz CT molecular complexity index is 1790. The van der Waals surface area contributed by atoms with Crippen LogP contribution in [0.3, 0.4) is 0 Å². The van der Waals surface area contributed by atoms with E-state index >= 15 is 0 Å². The lowest BCUT2D eigenvalue weighted by molar-refractivity contribution is 0.131. The summed E-state index contributed by atoms with van der Waals surface area (Å²) in [4.78, 5) is 16.5. The molecule has 2 unspecified atom stereocenters. The molecule has 6 rings (SSSR count). The standard InChI is InChI=1S/C34H42N10O3/c1-34(2,3)40-33(45)39-31-29(23-13-27(46-4)16-28(14-23)47-5)15-24-17-35-32(38-30(24)37-31)36-18-25-20-44(42-41-25)26-11-12-43(21-26)19-22-9-7-6-8-10-22/h6-10,13-17,20,26,33,40,45H,11-12,18-19,21H2,1-5H3,(H2,35,36,37,38,39). The second kappa shape index (κ2) is 13.9. The maximum Gasteiger partial charge on any atom is 0.225 e. The number of hydrogen-bond acceptors (Lipinski definition) is 12. The van der Waals surface area contributed by atoms with Crippen LogP contribution in [0, 0.1) is 0 Å². The van der Waals surface area contributed by atoms with E-state index in [0.29, 0.717) is 35.5 Å². The van der Waals surface area contributed by atoms with Crippen LogP contribution in [0.25, 0.3) is 22.2 Å². The molecule has 1 fully saturated rings. The van der Waals surface area contributed by atoms with Crippen LogP contribution < -0.4 is 25.4 Å². The molecule has 246 valence electrons. The molecule has 2 aromatic carbocycles. The van der Waals surface area contributed by atoms with Gasteiger partial charge in [0.15, 0.2) is 12.0 Å². The maximum absolute atomic E-state index is 10.8. The topological polar surface area (TPSA) is 147 Å². The van der Waals surface area contributed by atoms with Gasteiger partial charge in [-0.1, -0.05) is 35.5 Å². The summed E-state index contributed by atoms with van der Waals surface area (Å²) in [7, 11) is 3.21. The SMILES string of the molecule is COc1cc(OC)cc(-c2cc3cnc(NCc4cn(C5CCN(Cc6ccccc6)C5)nn4)nc3nc2NC(O)NC(C)(C)C)c1. The van der Waals surface area contributed by atoms with Gasteiger partial charge in [0.2, 0.25) is 5.95 Å². The molecule has 13 heteroatoms. The molecule has 0 amide bonds. The molecule has 0 radical (unpaired) electrons. The van der Waals surface area contributed by atoms with Crippen molar-refractivity contribution in [2.24, 2.45) is 0 Å². The van der Waals surface area contributed by atoms with E-state index in [9.17, 15) is 5.11 Å². The number of ether oxygens (including phenoxy) is 2. The van der Waals surface area contributed by atoms with E-state index < -0.39 is 6.35 Å². The summed E-state index contributed by atoms with van der Waals surface area (Å²) in [5.41, 5.74) is 3.74. The average Bonchev–Trinajstić information content (AvgIpc) is 3.72. The Kier molecular flexibility index (Phi) is 9.48. The van der Waals surface area contributed by atoms with Crippen LogP contribution in [-0.4, -0.2) is 79.2 Å². The Labute approximate surface area is 274 Å². The molecule has 4 N–H and O–H groups in total. The van der Waals surface area contributed by atoms with E-state index in [4.69, 9.17) is 14.5 Å². The molecule has 0 aliphatic carbocycles. The number of fused-ring (bicyclic) bond motifs is 1. The zero-order valence-electron chi connectivity index (χ0n) is 27.4. The first-order valence-electron chi connectivity index (χ1n) is 15.7. The minimum absolute atomic E-state index is 0.286. The van der Waals surface area contributed by atoms with Gasteiger partial charge in [0, 0.05) is 48.4 Å². The number of aromatic nitrogens is 6. The van der Waals surface area contributed by atoms with Gasteiger partial charge in [-0.25, -0.2) is 14.6 Å². The Morgan fingerprint density at radius 1 is 1.02 bits per heavy atom. The number of pyridine rings is 1. The van der Waals surface area contributed by atoms with Crippen molar-refractivity contribution in [3.05, 3.63) is 78.2 Å². The van der Waals surface area contributed by atoms with E-state index in [-0.39, 0.29) is 11.6 Å². The molecule has 5 aromatic rings. The highest BCUT2D eigenvalue weighted by atomic mass is 16.5. The average molecular weight is 639 g/mol. The zero-order chi connectivity index (χ0) is 33.0. The lowest BCUT2D eigenvalue weighted by Crippen LogP contribution is -2.47. The molecular weight excluding hydrogens is 596 g/mol. The van der Waals surface area contributed by atoms with Crippen molar-refractivity contribution in [3.8, 4) is 22.6 Å². The Hall–Kier alpha value is -4.85. The van der Waals surface area contributed by atoms with Gasteiger partial charge in [-0.15, -0.1) is 5.10 Å². The van der Waals surface area contributed by atoms with E-state index in [2.05, 4.69) is 65.4 Å². The second-order valence-corrected chi connectivity index (χ2v) is 12.7. The number of methoxy groups -OCH3 is 2. The van der Waals surface area contributed by atoms with Crippen molar-refractivity contribution >= 4 is 22.8 Å². The normalized spacial score (nSPS) is 15.9. The molecule has 1 saturated heterocycles. The fourth-order valence-electron chi connectivity index (χ4n) is 5.67. The van der Waals surface area contributed by atoms with Gasteiger partial charge in [0.25, 0.3) is 0 Å². The fourth-order valence-corrected chi connectivity index (χ4v) is 5.67. The summed E-state index contributed by atoms with van der Waals surface area (Å²) in [6.07, 6.45) is 3.67.